The van der Waals surface area contributed by atoms with Crippen LogP contribution >= 0.6 is 11.6 Å². The monoisotopic (exact) mass is 693 g/mol. The summed E-state index contributed by atoms with van der Waals surface area (Å²) in [7, 11) is -3.77. The van der Waals surface area contributed by atoms with Crippen LogP contribution in [0.5, 0.6) is 17.2 Å². The number of amides is 1. The van der Waals surface area contributed by atoms with Gasteiger partial charge in [-0.3, -0.25) is 14.5 Å². The predicted molar refractivity (Wildman–Crippen MR) is 186 cm³/mol. The Hall–Kier alpha value is -3.50. The molecule has 1 amide bonds. The lowest BCUT2D eigenvalue weighted by Gasteiger charge is -2.48. The largest absolute Gasteiger partial charge is 0.493 e. The second-order valence-electron chi connectivity index (χ2n) is 14.5. The highest BCUT2D eigenvalue weighted by atomic mass is 35.5. The Kier molecular flexibility index (Phi) is 8.77. The molecule has 3 aromatic rings. The van der Waals surface area contributed by atoms with Crippen LogP contribution in [-0.4, -0.2) is 44.5 Å². The summed E-state index contributed by atoms with van der Waals surface area (Å²) in [4.78, 5) is 18.4. The van der Waals surface area contributed by atoms with E-state index in [-0.39, 0.29) is 18.1 Å². The number of nitrogens with one attached hydrogen (secondary N) is 2. The molecule has 1 spiro atoms. The van der Waals surface area contributed by atoms with Gasteiger partial charge in [0.25, 0.3) is 5.91 Å². The van der Waals surface area contributed by atoms with Gasteiger partial charge >= 0.3 is 0 Å². The van der Waals surface area contributed by atoms with Crippen molar-refractivity contribution in [1.29, 1.82) is 0 Å². The Labute approximate surface area is 288 Å². The number of carbonyl (C=O) groups excluding carboxylic acids is 1. The summed E-state index contributed by atoms with van der Waals surface area (Å²) < 4.78 is 45.0. The van der Waals surface area contributed by atoms with E-state index >= 15 is 0 Å². The molecule has 1 saturated carbocycles. The zero-order valence-electron chi connectivity index (χ0n) is 27.8. The van der Waals surface area contributed by atoms with Crippen LogP contribution in [0.3, 0.4) is 0 Å². The minimum Gasteiger partial charge on any atom is -0.493 e. The molecule has 11 heteroatoms. The van der Waals surface area contributed by atoms with E-state index in [1.165, 1.54) is 22.4 Å². The van der Waals surface area contributed by atoms with Crippen LogP contribution in [0.25, 0.3) is 0 Å². The number of fused-ring (bicyclic) bond motifs is 4. The zero-order valence-corrected chi connectivity index (χ0v) is 29.4. The minimum atomic E-state index is -3.77. The number of halogens is 1. The molecule has 0 radical (unpaired) electrons. The number of nitrogens with zero attached hydrogens (tertiary/aromatic N) is 1. The molecule has 0 unspecified atom stereocenters. The Morgan fingerprint density at radius 2 is 1.90 bits per heavy atom. The molecule has 2 heterocycles. The molecule has 0 bridgehead atoms. The van der Waals surface area contributed by atoms with Crippen molar-refractivity contribution < 1.29 is 27.4 Å². The molecular weight excluding hydrogens is 650 g/mol. The molecular formula is C37H44ClN3O6S. The normalized spacial score (nSPS) is 26.4. The predicted octanol–water partition coefficient (Wildman–Crippen LogP) is 6.92. The quantitative estimate of drug-likeness (QED) is 0.248. The van der Waals surface area contributed by atoms with Crippen molar-refractivity contribution in [2.75, 3.05) is 25.0 Å². The zero-order chi connectivity index (χ0) is 33.7. The van der Waals surface area contributed by atoms with Gasteiger partial charge in [0.15, 0.2) is 11.5 Å². The number of hydrogen-bond donors (Lipinski definition) is 2. The molecule has 0 saturated heterocycles. The van der Waals surface area contributed by atoms with Crippen molar-refractivity contribution in [2.45, 2.75) is 88.5 Å². The van der Waals surface area contributed by atoms with Gasteiger partial charge in [0, 0.05) is 28.2 Å². The molecule has 3 atom stereocenters. The summed E-state index contributed by atoms with van der Waals surface area (Å²) in [6.45, 7) is 5.33. The van der Waals surface area contributed by atoms with Crippen LogP contribution in [0.1, 0.15) is 87.1 Å². The maximum absolute atomic E-state index is 13.8. The van der Waals surface area contributed by atoms with E-state index in [2.05, 4.69) is 41.0 Å². The summed E-state index contributed by atoms with van der Waals surface area (Å²) in [5.74, 6) is 2.95. The summed E-state index contributed by atoms with van der Waals surface area (Å²) in [6.07, 6.45) is 10.3. The number of pyridine rings is 1. The fourth-order valence-corrected chi connectivity index (χ4v) is 9.50. The summed E-state index contributed by atoms with van der Waals surface area (Å²) in [6, 6.07) is 13.5. The first kappa shape index (κ1) is 33.0. The van der Waals surface area contributed by atoms with E-state index in [0.717, 1.165) is 55.6 Å². The van der Waals surface area contributed by atoms with Gasteiger partial charge in [0.05, 0.1) is 12.9 Å². The molecule has 48 heavy (non-hydrogen) atoms. The van der Waals surface area contributed by atoms with Gasteiger partial charge in [-0.1, -0.05) is 31.5 Å². The average Bonchev–Trinajstić information content (AvgIpc) is 3.61. The second-order valence-corrected chi connectivity index (χ2v) is 16.6. The third-order valence-corrected chi connectivity index (χ3v) is 11.9. The Morgan fingerprint density at radius 1 is 1.12 bits per heavy atom. The standard InChI is InChI=1S/C37H44ClN3O6S/c1-23(21-45-31-10-15-39-30-9-4-6-24(2)34(30)31)16-26-17-25-18-32-33(47-22-46-32)20-29(25)36(26)11-13-37(14-12-36,35(42)41-48(3,43)44)40-28-8-5-7-27(38)19-28/h5,7-8,10,15,18-20,23-24,26,40H,4,6,9,11-14,16-17,21-22H2,1-3H3,(H,41,42)/t23-,24-,26+,36?,37?/m1/s1. The molecule has 2 aromatic carbocycles. The van der Waals surface area contributed by atoms with Crippen LogP contribution in [0, 0.1) is 11.8 Å². The van der Waals surface area contributed by atoms with Crippen LogP contribution in [0.2, 0.25) is 5.02 Å². The number of sulfonamides is 1. The lowest BCUT2D eigenvalue weighted by atomic mass is 9.59. The third kappa shape index (κ3) is 6.33. The minimum absolute atomic E-state index is 0.207. The van der Waals surface area contributed by atoms with Gasteiger partial charge in [0.1, 0.15) is 11.3 Å². The number of carbonyl (C=O) groups is 1. The van der Waals surface area contributed by atoms with E-state index in [0.29, 0.717) is 54.8 Å². The van der Waals surface area contributed by atoms with Gasteiger partial charge in [-0.15, -0.1) is 0 Å². The fraction of sp³-hybridized carbons (Fsp3) is 0.514. The van der Waals surface area contributed by atoms with Crippen LogP contribution < -0.4 is 24.2 Å². The van der Waals surface area contributed by atoms with Crippen molar-refractivity contribution in [3.05, 3.63) is 76.1 Å². The van der Waals surface area contributed by atoms with Crippen molar-refractivity contribution in [1.82, 2.24) is 9.71 Å². The lowest BCUT2D eigenvalue weighted by Crippen LogP contribution is -2.58. The number of benzene rings is 2. The first-order chi connectivity index (χ1) is 22.9. The maximum atomic E-state index is 13.8. The average molecular weight is 694 g/mol. The van der Waals surface area contributed by atoms with Gasteiger partial charge in [0.2, 0.25) is 16.8 Å². The van der Waals surface area contributed by atoms with Crippen molar-refractivity contribution >= 4 is 33.2 Å². The lowest BCUT2D eigenvalue weighted by molar-refractivity contribution is -0.125. The number of hydrogen-bond acceptors (Lipinski definition) is 8. The number of aromatic nitrogens is 1. The molecule has 256 valence electrons. The van der Waals surface area contributed by atoms with Crippen molar-refractivity contribution in [2.24, 2.45) is 11.8 Å². The summed E-state index contributed by atoms with van der Waals surface area (Å²) >= 11 is 6.30. The highest BCUT2D eigenvalue weighted by Gasteiger charge is 2.54. The van der Waals surface area contributed by atoms with E-state index in [1.54, 1.807) is 12.1 Å². The summed E-state index contributed by atoms with van der Waals surface area (Å²) in [5.41, 5.74) is 4.25. The molecule has 1 aromatic heterocycles. The van der Waals surface area contributed by atoms with Gasteiger partial charge in [-0.05, 0) is 128 Å². The molecule has 1 aliphatic heterocycles. The highest BCUT2D eigenvalue weighted by Crippen LogP contribution is 2.58. The smallest absolute Gasteiger partial charge is 0.259 e. The number of rotatable bonds is 9. The fourth-order valence-electron chi connectivity index (χ4n) is 8.78. The first-order valence-corrected chi connectivity index (χ1v) is 19.3. The summed E-state index contributed by atoms with van der Waals surface area (Å²) in [5, 5.41) is 3.95. The Morgan fingerprint density at radius 3 is 2.65 bits per heavy atom. The number of anilines is 1. The van der Waals surface area contributed by atoms with Gasteiger partial charge < -0.3 is 19.5 Å². The maximum Gasteiger partial charge on any atom is 0.259 e. The molecule has 4 aliphatic rings. The SMILES string of the molecule is C[C@@H](COc1ccnc2c1[C@H](C)CCC2)C[C@H]1Cc2cc3c(cc2C12CCC(Nc1cccc(Cl)c1)(C(=O)NS(C)(=O)=O)CC2)OCO3. The molecule has 9 nitrogen and oxygen atoms in total. The van der Waals surface area contributed by atoms with Gasteiger partial charge in [-0.25, -0.2) is 8.42 Å². The van der Waals surface area contributed by atoms with E-state index < -0.39 is 21.5 Å². The molecule has 3 aliphatic carbocycles. The van der Waals surface area contributed by atoms with Crippen LogP contribution in [0.15, 0.2) is 48.7 Å². The Bertz CT molecular complexity index is 1820. The van der Waals surface area contributed by atoms with Crippen LogP contribution in [-0.2, 0) is 33.1 Å². The number of ether oxygens (including phenoxy) is 3. The number of aryl methyl sites for hydroxylation is 1. The topological polar surface area (TPSA) is 116 Å². The first-order valence-electron chi connectivity index (χ1n) is 17.0. The van der Waals surface area contributed by atoms with Crippen molar-refractivity contribution in [3.8, 4) is 17.2 Å². The van der Waals surface area contributed by atoms with E-state index in [1.807, 2.05) is 24.4 Å². The second kappa shape index (κ2) is 12.8. The van der Waals surface area contributed by atoms with E-state index in [4.69, 9.17) is 25.8 Å². The third-order valence-electron chi connectivity index (χ3n) is 11.1. The molecule has 7 rings (SSSR count). The molecule has 1 fully saturated rings. The highest BCUT2D eigenvalue weighted by molar-refractivity contribution is 7.89. The molecule has 2 N–H and O–H groups in total. The Balaban J connectivity index is 1.16. The van der Waals surface area contributed by atoms with E-state index in [9.17, 15) is 13.2 Å². The van der Waals surface area contributed by atoms with Gasteiger partial charge in [-0.2, -0.15) is 0 Å². The van der Waals surface area contributed by atoms with Crippen LogP contribution in [0.4, 0.5) is 5.69 Å². The van der Waals surface area contributed by atoms with Crippen molar-refractivity contribution in [3.63, 3.8) is 0 Å².